The van der Waals surface area contributed by atoms with Crippen molar-refractivity contribution in [2.75, 3.05) is 6.54 Å². The van der Waals surface area contributed by atoms with E-state index >= 15 is 0 Å². The van der Waals surface area contributed by atoms with Crippen molar-refractivity contribution in [2.45, 2.75) is 32.7 Å². The van der Waals surface area contributed by atoms with Crippen LogP contribution < -0.4 is 5.32 Å². The minimum absolute atomic E-state index is 0.121. The summed E-state index contributed by atoms with van der Waals surface area (Å²) >= 11 is 0. The van der Waals surface area contributed by atoms with Crippen molar-refractivity contribution in [1.82, 2.24) is 5.32 Å². The molecule has 20 heavy (non-hydrogen) atoms. The number of rotatable bonds is 6. The van der Waals surface area contributed by atoms with Gasteiger partial charge in [0.1, 0.15) is 5.82 Å². The molecule has 1 atom stereocenters. The molecular weight excluding hydrogens is 249 g/mol. The van der Waals surface area contributed by atoms with Gasteiger partial charge in [-0.15, -0.1) is 0 Å². The zero-order valence-electron chi connectivity index (χ0n) is 12.2. The van der Waals surface area contributed by atoms with Crippen LogP contribution in [0, 0.1) is 5.82 Å². The first-order valence-electron chi connectivity index (χ1n) is 7.30. The average molecular weight is 271 g/mol. The lowest BCUT2D eigenvalue weighted by Crippen LogP contribution is -2.24. The van der Waals surface area contributed by atoms with Gasteiger partial charge in [0.25, 0.3) is 0 Å². The van der Waals surface area contributed by atoms with E-state index in [0.29, 0.717) is 6.42 Å². The Kier molecular flexibility index (Phi) is 5.31. The second-order valence-electron chi connectivity index (χ2n) is 4.96. The molecule has 1 unspecified atom stereocenters. The van der Waals surface area contributed by atoms with Crippen molar-refractivity contribution in [3.8, 4) is 0 Å². The summed E-state index contributed by atoms with van der Waals surface area (Å²) in [5, 5.41) is 3.48. The van der Waals surface area contributed by atoms with Crippen LogP contribution in [0.2, 0.25) is 0 Å². The lowest BCUT2D eigenvalue weighted by atomic mass is 9.93. The summed E-state index contributed by atoms with van der Waals surface area (Å²) in [6.45, 7) is 5.12. The van der Waals surface area contributed by atoms with Crippen LogP contribution in [0.3, 0.4) is 0 Å². The minimum atomic E-state index is -0.121. The summed E-state index contributed by atoms with van der Waals surface area (Å²) in [6, 6.07) is 15.6. The van der Waals surface area contributed by atoms with Gasteiger partial charge in [-0.25, -0.2) is 4.39 Å². The first-order valence-corrected chi connectivity index (χ1v) is 7.30. The average Bonchev–Trinajstić information content (AvgIpc) is 2.49. The van der Waals surface area contributed by atoms with Crippen molar-refractivity contribution >= 4 is 0 Å². The van der Waals surface area contributed by atoms with Crippen LogP contribution in [0.25, 0.3) is 0 Å². The quantitative estimate of drug-likeness (QED) is 0.827. The second kappa shape index (κ2) is 7.20. The van der Waals surface area contributed by atoms with E-state index in [4.69, 9.17) is 0 Å². The Bertz CT molecular complexity index is 551. The summed E-state index contributed by atoms with van der Waals surface area (Å²) < 4.78 is 13.9. The van der Waals surface area contributed by atoms with Crippen LogP contribution in [-0.4, -0.2) is 6.54 Å². The van der Waals surface area contributed by atoms with E-state index in [1.54, 1.807) is 6.07 Å². The Morgan fingerprint density at radius 3 is 2.25 bits per heavy atom. The van der Waals surface area contributed by atoms with Gasteiger partial charge in [-0.3, -0.25) is 0 Å². The van der Waals surface area contributed by atoms with Gasteiger partial charge in [-0.2, -0.15) is 0 Å². The smallest absolute Gasteiger partial charge is 0.126 e. The van der Waals surface area contributed by atoms with E-state index in [1.807, 2.05) is 12.1 Å². The Morgan fingerprint density at radius 1 is 0.950 bits per heavy atom. The summed E-state index contributed by atoms with van der Waals surface area (Å²) in [5.41, 5.74) is 3.37. The molecule has 0 heterocycles. The van der Waals surface area contributed by atoms with Gasteiger partial charge in [0.15, 0.2) is 0 Å². The zero-order chi connectivity index (χ0) is 14.4. The SMILES string of the molecule is CCNC(Cc1ccccc1F)c1ccccc1CC. The molecule has 1 nitrogen and oxygen atoms in total. The maximum absolute atomic E-state index is 13.9. The first kappa shape index (κ1) is 14.7. The largest absolute Gasteiger partial charge is 0.310 e. The molecule has 0 fully saturated rings. The molecule has 2 aromatic carbocycles. The van der Waals surface area contributed by atoms with Gasteiger partial charge in [-0.1, -0.05) is 56.3 Å². The molecule has 0 saturated carbocycles. The second-order valence-corrected chi connectivity index (χ2v) is 4.96. The fourth-order valence-electron chi connectivity index (χ4n) is 2.62. The molecule has 2 rings (SSSR count). The summed E-state index contributed by atoms with van der Waals surface area (Å²) in [6.07, 6.45) is 1.67. The molecule has 2 heteroatoms. The lowest BCUT2D eigenvalue weighted by molar-refractivity contribution is 0.525. The molecule has 106 valence electrons. The molecule has 0 aliphatic carbocycles. The summed E-state index contributed by atoms with van der Waals surface area (Å²) in [5.74, 6) is -0.121. The van der Waals surface area contributed by atoms with Gasteiger partial charge < -0.3 is 5.32 Å². The number of likely N-dealkylation sites (N-methyl/N-ethyl adjacent to an activating group) is 1. The molecule has 0 aliphatic heterocycles. The molecule has 0 saturated heterocycles. The van der Waals surface area contributed by atoms with Gasteiger partial charge in [0.05, 0.1) is 0 Å². The maximum Gasteiger partial charge on any atom is 0.126 e. The van der Waals surface area contributed by atoms with E-state index in [1.165, 1.54) is 17.2 Å². The standard InChI is InChI=1S/C18H22FN/c1-3-14-9-5-7-11-16(14)18(20-4-2)13-15-10-6-8-12-17(15)19/h5-12,18,20H,3-4,13H2,1-2H3. The predicted molar refractivity (Wildman–Crippen MR) is 82.3 cm³/mol. The molecule has 1 N–H and O–H groups in total. The highest BCUT2D eigenvalue weighted by Crippen LogP contribution is 2.23. The molecule has 0 spiro atoms. The monoisotopic (exact) mass is 271 g/mol. The van der Waals surface area contributed by atoms with Crippen LogP contribution in [0.1, 0.15) is 36.6 Å². The first-order chi connectivity index (χ1) is 9.76. The van der Waals surface area contributed by atoms with Crippen LogP contribution in [0.5, 0.6) is 0 Å². The number of hydrogen-bond donors (Lipinski definition) is 1. The summed E-state index contributed by atoms with van der Waals surface area (Å²) in [4.78, 5) is 0. The van der Waals surface area contributed by atoms with Crippen LogP contribution >= 0.6 is 0 Å². The van der Waals surface area contributed by atoms with Crippen molar-refractivity contribution in [3.63, 3.8) is 0 Å². The van der Waals surface area contributed by atoms with Crippen molar-refractivity contribution < 1.29 is 4.39 Å². The van der Waals surface area contributed by atoms with E-state index < -0.39 is 0 Å². The third-order valence-electron chi connectivity index (χ3n) is 3.64. The third kappa shape index (κ3) is 3.45. The van der Waals surface area contributed by atoms with E-state index in [9.17, 15) is 4.39 Å². The van der Waals surface area contributed by atoms with Gasteiger partial charge in [-0.05, 0) is 42.1 Å². The molecule has 0 bridgehead atoms. The number of aryl methyl sites for hydroxylation is 1. The summed E-state index contributed by atoms with van der Waals surface area (Å²) in [7, 11) is 0. The Morgan fingerprint density at radius 2 is 1.60 bits per heavy atom. The van der Waals surface area contributed by atoms with E-state index in [-0.39, 0.29) is 11.9 Å². The molecule has 0 aliphatic rings. The minimum Gasteiger partial charge on any atom is -0.310 e. The van der Waals surface area contributed by atoms with Gasteiger partial charge >= 0.3 is 0 Å². The Hall–Kier alpha value is -1.67. The predicted octanol–water partition coefficient (Wildman–Crippen LogP) is 4.28. The molecule has 0 radical (unpaired) electrons. The van der Waals surface area contributed by atoms with Crippen LogP contribution in [0.4, 0.5) is 4.39 Å². The van der Waals surface area contributed by atoms with Crippen molar-refractivity contribution in [1.29, 1.82) is 0 Å². The topological polar surface area (TPSA) is 12.0 Å². The highest BCUT2D eigenvalue weighted by molar-refractivity contribution is 5.32. The maximum atomic E-state index is 13.9. The van der Waals surface area contributed by atoms with Gasteiger partial charge in [0.2, 0.25) is 0 Å². The number of halogens is 1. The highest BCUT2D eigenvalue weighted by atomic mass is 19.1. The number of nitrogens with one attached hydrogen (secondary N) is 1. The van der Waals surface area contributed by atoms with Crippen molar-refractivity contribution in [2.24, 2.45) is 0 Å². The highest BCUT2D eigenvalue weighted by Gasteiger charge is 2.15. The van der Waals surface area contributed by atoms with E-state index in [0.717, 1.165) is 18.5 Å². The fraction of sp³-hybridized carbons (Fsp3) is 0.333. The molecule has 2 aromatic rings. The fourth-order valence-corrected chi connectivity index (χ4v) is 2.62. The Balaban J connectivity index is 2.29. The van der Waals surface area contributed by atoms with Crippen LogP contribution in [-0.2, 0) is 12.8 Å². The third-order valence-corrected chi connectivity index (χ3v) is 3.64. The van der Waals surface area contributed by atoms with Crippen LogP contribution in [0.15, 0.2) is 48.5 Å². The number of hydrogen-bond acceptors (Lipinski definition) is 1. The van der Waals surface area contributed by atoms with Crippen molar-refractivity contribution in [3.05, 3.63) is 71.0 Å². The Labute approximate surface area is 120 Å². The molecule has 0 aromatic heterocycles. The van der Waals surface area contributed by atoms with E-state index in [2.05, 4.69) is 43.4 Å². The molecule has 0 amide bonds. The van der Waals surface area contributed by atoms with Gasteiger partial charge in [0, 0.05) is 6.04 Å². The normalized spacial score (nSPS) is 12.3. The number of benzene rings is 2. The lowest BCUT2D eigenvalue weighted by Gasteiger charge is -2.21. The molecular formula is C18H22FN. The zero-order valence-corrected chi connectivity index (χ0v) is 12.2.